The van der Waals surface area contributed by atoms with Crippen LogP contribution >= 0.6 is 0 Å². The van der Waals surface area contributed by atoms with Gasteiger partial charge in [-0.05, 0) is 30.7 Å². The molecule has 1 aromatic carbocycles. The summed E-state index contributed by atoms with van der Waals surface area (Å²) >= 11 is 0. The Morgan fingerprint density at radius 1 is 1.33 bits per heavy atom. The highest BCUT2D eigenvalue weighted by Crippen LogP contribution is 2.18. The van der Waals surface area contributed by atoms with E-state index in [2.05, 4.69) is 5.32 Å². The molecule has 3 N–H and O–H groups in total. The molecule has 0 spiro atoms. The van der Waals surface area contributed by atoms with E-state index in [1.807, 2.05) is 31.1 Å². The summed E-state index contributed by atoms with van der Waals surface area (Å²) in [6.07, 6.45) is 0.541. The number of anilines is 1. The maximum atomic E-state index is 11.2. The molecule has 1 unspecified atom stereocenters. The Morgan fingerprint density at radius 2 is 1.94 bits per heavy atom. The molecular weight excluding hydrogens is 232 g/mol. The first-order chi connectivity index (χ1) is 8.56. The molecule has 0 amide bonds. The van der Waals surface area contributed by atoms with Crippen LogP contribution in [0.3, 0.4) is 0 Å². The average molecular weight is 252 g/mol. The molecule has 5 heteroatoms. The van der Waals surface area contributed by atoms with E-state index in [0.717, 1.165) is 5.69 Å². The molecule has 0 aliphatic rings. The fourth-order valence-electron chi connectivity index (χ4n) is 1.64. The number of carbonyl (C=O) groups is 1. The Balaban J connectivity index is 2.76. The van der Waals surface area contributed by atoms with E-state index in [-0.39, 0.29) is 6.61 Å². The Morgan fingerprint density at radius 3 is 2.39 bits per heavy atom. The zero-order valence-corrected chi connectivity index (χ0v) is 10.8. The Labute approximate surface area is 107 Å². The number of carboxylic acids is 1. The summed E-state index contributed by atoms with van der Waals surface area (Å²) in [5.41, 5.74) is 1.74. The summed E-state index contributed by atoms with van der Waals surface area (Å²) in [6.45, 7) is 0.530. The number of benzene rings is 1. The lowest BCUT2D eigenvalue weighted by Crippen LogP contribution is -2.29. The maximum Gasteiger partial charge on any atom is 0.325 e. The van der Waals surface area contributed by atoms with Crippen LogP contribution in [0.25, 0.3) is 0 Å². The van der Waals surface area contributed by atoms with Crippen LogP contribution in [0.5, 0.6) is 0 Å². The van der Waals surface area contributed by atoms with Gasteiger partial charge in [0.25, 0.3) is 0 Å². The number of hydrogen-bond acceptors (Lipinski definition) is 4. The Hall–Kier alpha value is -1.59. The molecule has 1 rings (SSSR count). The zero-order chi connectivity index (χ0) is 13.5. The molecule has 18 heavy (non-hydrogen) atoms. The van der Waals surface area contributed by atoms with Gasteiger partial charge < -0.3 is 20.4 Å². The van der Waals surface area contributed by atoms with Crippen LogP contribution < -0.4 is 10.2 Å². The van der Waals surface area contributed by atoms with Crippen LogP contribution in [0.4, 0.5) is 5.69 Å². The second-order valence-corrected chi connectivity index (χ2v) is 4.29. The molecule has 0 fully saturated rings. The van der Waals surface area contributed by atoms with Crippen molar-refractivity contribution in [2.24, 2.45) is 0 Å². The van der Waals surface area contributed by atoms with Gasteiger partial charge in [0, 0.05) is 26.4 Å². The van der Waals surface area contributed by atoms with Crippen LogP contribution in [-0.4, -0.2) is 43.4 Å². The standard InChI is InChI=1S/C13H20N2O3/c1-15(2)11-6-4-10(5-7-11)12(13(17)18)14-8-3-9-16/h4-7,12,14,16H,3,8-9H2,1-2H3,(H,17,18). The van der Waals surface area contributed by atoms with E-state index >= 15 is 0 Å². The van der Waals surface area contributed by atoms with E-state index in [1.165, 1.54) is 0 Å². The number of rotatable bonds is 7. The third-order valence-corrected chi connectivity index (χ3v) is 2.67. The number of carboxylic acid groups (broad SMARTS) is 1. The lowest BCUT2D eigenvalue weighted by Gasteiger charge is -2.17. The number of hydrogen-bond donors (Lipinski definition) is 3. The molecule has 1 atom stereocenters. The third kappa shape index (κ3) is 4.01. The predicted octanol–water partition coefficient (Wildman–Crippen LogP) is 0.850. The van der Waals surface area contributed by atoms with Crippen LogP contribution in [-0.2, 0) is 4.79 Å². The molecule has 1 aromatic rings. The predicted molar refractivity (Wildman–Crippen MR) is 70.9 cm³/mol. The fraction of sp³-hybridized carbons (Fsp3) is 0.462. The van der Waals surface area contributed by atoms with E-state index in [1.54, 1.807) is 12.1 Å². The third-order valence-electron chi connectivity index (χ3n) is 2.67. The van der Waals surface area contributed by atoms with E-state index in [9.17, 15) is 4.79 Å². The van der Waals surface area contributed by atoms with Gasteiger partial charge in [-0.3, -0.25) is 4.79 Å². The van der Waals surface area contributed by atoms with Crippen molar-refractivity contribution in [1.82, 2.24) is 5.32 Å². The number of nitrogens with zero attached hydrogens (tertiary/aromatic N) is 1. The van der Waals surface area contributed by atoms with Gasteiger partial charge in [-0.1, -0.05) is 12.1 Å². The topological polar surface area (TPSA) is 72.8 Å². The van der Waals surface area contributed by atoms with Crippen LogP contribution in [0.15, 0.2) is 24.3 Å². The van der Waals surface area contributed by atoms with Crippen molar-refractivity contribution in [2.45, 2.75) is 12.5 Å². The highest BCUT2D eigenvalue weighted by molar-refractivity contribution is 5.75. The second kappa shape index (κ2) is 6.98. The molecule has 0 radical (unpaired) electrons. The molecule has 5 nitrogen and oxygen atoms in total. The van der Waals surface area contributed by atoms with Gasteiger partial charge in [-0.2, -0.15) is 0 Å². The average Bonchev–Trinajstić information content (AvgIpc) is 2.34. The molecular formula is C13H20N2O3. The smallest absolute Gasteiger partial charge is 0.325 e. The molecule has 100 valence electrons. The van der Waals surface area contributed by atoms with Crippen LogP contribution in [0.2, 0.25) is 0 Å². The van der Waals surface area contributed by atoms with Gasteiger partial charge in [0.2, 0.25) is 0 Å². The molecule has 0 aromatic heterocycles. The lowest BCUT2D eigenvalue weighted by atomic mass is 10.1. The van der Waals surface area contributed by atoms with Gasteiger partial charge >= 0.3 is 5.97 Å². The SMILES string of the molecule is CN(C)c1ccc(C(NCCCO)C(=O)O)cc1. The lowest BCUT2D eigenvalue weighted by molar-refractivity contribution is -0.139. The largest absolute Gasteiger partial charge is 0.480 e. The summed E-state index contributed by atoms with van der Waals surface area (Å²) in [5, 5.41) is 20.8. The maximum absolute atomic E-state index is 11.2. The molecule has 0 saturated heterocycles. The van der Waals surface area contributed by atoms with E-state index < -0.39 is 12.0 Å². The highest BCUT2D eigenvalue weighted by Gasteiger charge is 2.18. The number of aliphatic carboxylic acids is 1. The van der Waals surface area contributed by atoms with Crippen molar-refractivity contribution in [1.29, 1.82) is 0 Å². The molecule has 0 aliphatic carbocycles. The van der Waals surface area contributed by atoms with Gasteiger partial charge in [0.1, 0.15) is 6.04 Å². The number of aliphatic hydroxyl groups is 1. The van der Waals surface area contributed by atoms with Crippen LogP contribution in [0, 0.1) is 0 Å². The van der Waals surface area contributed by atoms with E-state index in [0.29, 0.717) is 18.5 Å². The summed E-state index contributed by atoms with van der Waals surface area (Å²) in [7, 11) is 3.87. The Bertz CT molecular complexity index is 376. The normalized spacial score (nSPS) is 12.2. The van der Waals surface area contributed by atoms with Gasteiger partial charge in [-0.25, -0.2) is 0 Å². The molecule has 0 aliphatic heterocycles. The highest BCUT2D eigenvalue weighted by atomic mass is 16.4. The zero-order valence-electron chi connectivity index (χ0n) is 10.8. The molecule has 0 saturated carbocycles. The summed E-state index contributed by atoms with van der Waals surface area (Å²) in [5.74, 6) is -0.912. The summed E-state index contributed by atoms with van der Waals surface area (Å²) < 4.78 is 0. The first-order valence-corrected chi connectivity index (χ1v) is 5.90. The van der Waals surface area contributed by atoms with Crippen molar-refractivity contribution in [3.63, 3.8) is 0 Å². The van der Waals surface area contributed by atoms with Crippen molar-refractivity contribution in [3.8, 4) is 0 Å². The minimum atomic E-state index is -0.912. The van der Waals surface area contributed by atoms with Gasteiger partial charge in [-0.15, -0.1) is 0 Å². The minimum absolute atomic E-state index is 0.0545. The van der Waals surface area contributed by atoms with Gasteiger partial charge in [0.05, 0.1) is 0 Å². The second-order valence-electron chi connectivity index (χ2n) is 4.29. The van der Waals surface area contributed by atoms with Crippen molar-refractivity contribution < 1.29 is 15.0 Å². The first-order valence-electron chi connectivity index (χ1n) is 5.90. The molecule has 0 heterocycles. The monoisotopic (exact) mass is 252 g/mol. The summed E-state index contributed by atoms with van der Waals surface area (Å²) in [4.78, 5) is 13.1. The van der Waals surface area contributed by atoms with Crippen molar-refractivity contribution in [2.75, 3.05) is 32.1 Å². The quantitative estimate of drug-likeness (QED) is 0.627. The summed E-state index contributed by atoms with van der Waals surface area (Å²) in [6, 6.07) is 6.66. The fourth-order valence-corrected chi connectivity index (χ4v) is 1.64. The minimum Gasteiger partial charge on any atom is -0.480 e. The number of aliphatic hydroxyl groups excluding tert-OH is 1. The van der Waals surface area contributed by atoms with Crippen molar-refractivity contribution >= 4 is 11.7 Å². The Kier molecular flexibility index (Phi) is 5.61. The first kappa shape index (κ1) is 14.5. The number of nitrogens with one attached hydrogen (secondary N) is 1. The van der Waals surface area contributed by atoms with Gasteiger partial charge in [0.15, 0.2) is 0 Å². The van der Waals surface area contributed by atoms with Crippen LogP contribution in [0.1, 0.15) is 18.0 Å². The van der Waals surface area contributed by atoms with E-state index in [4.69, 9.17) is 10.2 Å². The molecule has 0 bridgehead atoms. The van der Waals surface area contributed by atoms with Crippen molar-refractivity contribution in [3.05, 3.63) is 29.8 Å².